The Kier molecular flexibility index (Phi) is 5.00. The third-order valence-corrected chi connectivity index (χ3v) is 4.60. The molecular formula is C17H27NO. The summed E-state index contributed by atoms with van der Waals surface area (Å²) in [6.45, 7) is 8.44. The molecule has 106 valence electrons. The molecule has 2 atom stereocenters. The number of hydrogen-bond acceptors (Lipinski definition) is 2. The van der Waals surface area contributed by atoms with E-state index >= 15 is 0 Å². The molecule has 0 spiro atoms. The predicted octanol–water partition coefficient (Wildman–Crippen LogP) is 3.33. The summed E-state index contributed by atoms with van der Waals surface area (Å²) < 4.78 is 0. The molecule has 0 bridgehead atoms. The molecule has 1 N–H and O–H groups in total. The number of aryl methyl sites for hydroxylation is 1. The van der Waals surface area contributed by atoms with Crippen molar-refractivity contribution in [2.75, 3.05) is 13.1 Å². The van der Waals surface area contributed by atoms with Gasteiger partial charge in [0.25, 0.3) is 0 Å². The first kappa shape index (κ1) is 14.5. The normalized spacial score (nSPS) is 18.2. The van der Waals surface area contributed by atoms with Gasteiger partial charge in [0, 0.05) is 6.04 Å². The van der Waals surface area contributed by atoms with Crippen molar-refractivity contribution in [1.29, 1.82) is 0 Å². The molecule has 1 aliphatic rings. The summed E-state index contributed by atoms with van der Waals surface area (Å²) in [7, 11) is 0. The fourth-order valence-electron chi connectivity index (χ4n) is 3.35. The van der Waals surface area contributed by atoms with Crippen LogP contribution in [0.1, 0.15) is 56.4 Å². The van der Waals surface area contributed by atoms with Crippen molar-refractivity contribution >= 4 is 0 Å². The quantitative estimate of drug-likeness (QED) is 0.879. The topological polar surface area (TPSA) is 23.5 Å². The maximum absolute atomic E-state index is 10.7. The van der Waals surface area contributed by atoms with Gasteiger partial charge in [0.05, 0.1) is 6.10 Å². The zero-order valence-electron chi connectivity index (χ0n) is 12.5. The number of rotatable bonds is 5. The number of aliphatic hydroxyl groups excluding tert-OH is 1. The Balaban J connectivity index is 2.26. The summed E-state index contributed by atoms with van der Waals surface area (Å²) >= 11 is 0. The van der Waals surface area contributed by atoms with Crippen molar-refractivity contribution in [2.45, 2.75) is 58.6 Å². The van der Waals surface area contributed by atoms with Crippen LogP contribution in [0.2, 0.25) is 0 Å². The van der Waals surface area contributed by atoms with Gasteiger partial charge in [-0.1, -0.05) is 32.0 Å². The van der Waals surface area contributed by atoms with E-state index in [2.05, 4.69) is 43.9 Å². The van der Waals surface area contributed by atoms with E-state index in [0.717, 1.165) is 25.1 Å². The lowest BCUT2D eigenvalue weighted by atomic mass is 9.85. The second kappa shape index (κ2) is 6.53. The van der Waals surface area contributed by atoms with E-state index < -0.39 is 0 Å². The number of aliphatic hydroxyl groups is 1. The highest BCUT2D eigenvalue weighted by molar-refractivity contribution is 5.38. The molecule has 0 radical (unpaired) electrons. The van der Waals surface area contributed by atoms with Crippen molar-refractivity contribution in [1.82, 2.24) is 4.90 Å². The van der Waals surface area contributed by atoms with Crippen molar-refractivity contribution in [3.63, 3.8) is 0 Å². The van der Waals surface area contributed by atoms with Crippen LogP contribution in [0.5, 0.6) is 0 Å². The molecular weight excluding hydrogens is 234 g/mol. The molecule has 2 unspecified atom stereocenters. The van der Waals surface area contributed by atoms with Crippen molar-refractivity contribution in [3.8, 4) is 0 Å². The molecule has 0 aliphatic heterocycles. The van der Waals surface area contributed by atoms with Gasteiger partial charge in [0.2, 0.25) is 0 Å². The second-order valence-electron chi connectivity index (χ2n) is 5.60. The molecule has 0 saturated carbocycles. The van der Waals surface area contributed by atoms with Crippen LogP contribution in [0.25, 0.3) is 0 Å². The van der Waals surface area contributed by atoms with Crippen molar-refractivity contribution < 1.29 is 5.11 Å². The van der Waals surface area contributed by atoms with Gasteiger partial charge in [-0.2, -0.15) is 0 Å². The fraction of sp³-hybridized carbons (Fsp3) is 0.647. The Bertz CT molecular complexity index is 412. The first-order valence-corrected chi connectivity index (χ1v) is 7.71. The summed E-state index contributed by atoms with van der Waals surface area (Å²) in [5, 5.41) is 10.7. The lowest BCUT2D eigenvalue weighted by Gasteiger charge is -2.32. The monoisotopic (exact) mass is 261 g/mol. The molecule has 2 heteroatoms. The molecule has 2 rings (SSSR count). The lowest BCUT2D eigenvalue weighted by Crippen LogP contribution is -2.37. The maximum atomic E-state index is 10.7. The smallest absolute Gasteiger partial charge is 0.0945 e. The minimum Gasteiger partial charge on any atom is -0.387 e. The van der Waals surface area contributed by atoms with Crippen LogP contribution in [0.4, 0.5) is 0 Å². The van der Waals surface area contributed by atoms with Crippen LogP contribution in [0, 0.1) is 0 Å². The molecule has 2 nitrogen and oxygen atoms in total. The number of hydrogen-bond donors (Lipinski definition) is 1. The Hall–Kier alpha value is -0.860. The largest absolute Gasteiger partial charge is 0.387 e. The molecule has 19 heavy (non-hydrogen) atoms. The van der Waals surface area contributed by atoms with E-state index in [-0.39, 0.29) is 12.1 Å². The van der Waals surface area contributed by atoms with Crippen LogP contribution in [0.15, 0.2) is 18.2 Å². The van der Waals surface area contributed by atoms with E-state index in [0.29, 0.717) is 0 Å². The Morgan fingerprint density at radius 2 is 1.84 bits per heavy atom. The van der Waals surface area contributed by atoms with Gasteiger partial charge in [0.15, 0.2) is 0 Å². The van der Waals surface area contributed by atoms with Crippen LogP contribution in [0.3, 0.4) is 0 Å². The first-order chi connectivity index (χ1) is 9.19. The minimum absolute atomic E-state index is 0.184. The summed E-state index contributed by atoms with van der Waals surface area (Å²) in [6.07, 6.45) is 4.49. The standard InChI is InChI=1S/C17H27NO/c1-4-18(5-2)13(3)17(19)16-12-8-10-14-9-6-7-11-15(14)16/h8,10,12-13,17,19H,4-7,9,11H2,1-3H3. The predicted molar refractivity (Wildman–Crippen MR) is 80.4 cm³/mol. The van der Waals surface area contributed by atoms with Crippen LogP contribution in [-0.2, 0) is 12.8 Å². The third kappa shape index (κ3) is 3.01. The van der Waals surface area contributed by atoms with Crippen molar-refractivity contribution in [3.05, 3.63) is 34.9 Å². The van der Waals surface area contributed by atoms with E-state index in [1.54, 1.807) is 0 Å². The molecule has 0 fully saturated rings. The second-order valence-corrected chi connectivity index (χ2v) is 5.60. The number of nitrogens with zero attached hydrogens (tertiary/aromatic N) is 1. The molecule has 1 aromatic carbocycles. The number of fused-ring (bicyclic) bond motifs is 1. The lowest BCUT2D eigenvalue weighted by molar-refractivity contribution is 0.0630. The zero-order valence-corrected chi connectivity index (χ0v) is 12.5. The summed E-state index contributed by atoms with van der Waals surface area (Å²) in [6, 6.07) is 6.64. The molecule has 0 saturated heterocycles. The van der Waals surface area contributed by atoms with E-state index in [9.17, 15) is 5.11 Å². The Morgan fingerprint density at radius 3 is 2.53 bits per heavy atom. The average molecular weight is 261 g/mol. The fourth-order valence-corrected chi connectivity index (χ4v) is 3.35. The maximum Gasteiger partial charge on any atom is 0.0945 e. The van der Waals surface area contributed by atoms with Gasteiger partial charge in [0.1, 0.15) is 0 Å². The van der Waals surface area contributed by atoms with E-state index in [1.807, 2.05) is 0 Å². The Labute approximate surface area is 117 Å². The highest BCUT2D eigenvalue weighted by atomic mass is 16.3. The molecule has 0 amide bonds. The summed E-state index contributed by atoms with van der Waals surface area (Å²) in [5.74, 6) is 0. The van der Waals surface area contributed by atoms with Crippen LogP contribution >= 0.6 is 0 Å². The summed E-state index contributed by atoms with van der Waals surface area (Å²) in [4.78, 5) is 2.33. The summed E-state index contributed by atoms with van der Waals surface area (Å²) in [5.41, 5.74) is 4.03. The zero-order chi connectivity index (χ0) is 13.8. The third-order valence-electron chi connectivity index (χ3n) is 4.60. The average Bonchev–Trinajstić information content (AvgIpc) is 2.47. The molecule has 1 aliphatic carbocycles. The molecule has 1 aromatic rings. The van der Waals surface area contributed by atoms with Crippen LogP contribution < -0.4 is 0 Å². The van der Waals surface area contributed by atoms with E-state index in [1.165, 1.54) is 30.4 Å². The highest BCUT2D eigenvalue weighted by Gasteiger charge is 2.24. The van der Waals surface area contributed by atoms with Gasteiger partial charge >= 0.3 is 0 Å². The Morgan fingerprint density at radius 1 is 1.16 bits per heavy atom. The highest BCUT2D eigenvalue weighted by Crippen LogP contribution is 2.30. The van der Waals surface area contributed by atoms with Gasteiger partial charge in [-0.15, -0.1) is 0 Å². The van der Waals surface area contributed by atoms with Gasteiger partial charge in [-0.25, -0.2) is 0 Å². The van der Waals surface area contributed by atoms with Gasteiger partial charge < -0.3 is 5.11 Å². The number of likely N-dealkylation sites (N-methyl/N-ethyl adjacent to an activating group) is 1. The van der Waals surface area contributed by atoms with Crippen LogP contribution in [-0.4, -0.2) is 29.1 Å². The molecule has 0 aromatic heterocycles. The van der Waals surface area contributed by atoms with Gasteiger partial charge in [-0.3, -0.25) is 4.90 Å². The van der Waals surface area contributed by atoms with E-state index in [4.69, 9.17) is 0 Å². The molecule has 0 heterocycles. The SMILES string of the molecule is CCN(CC)C(C)C(O)c1cccc2c1CCCC2. The number of benzene rings is 1. The minimum atomic E-state index is -0.368. The van der Waals surface area contributed by atoms with Crippen molar-refractivity contribution in [2.24, 2.45) is 0 Å². The first-order valence-electron chi connectivity index (χ1n) is 7.71. The van der Waals surface area contributed by atoms with Gasteiger partial charge in [-0.05, 0) is 62.4 Å².